The fourth-order valence-corrected chi connectivity index (χ4v) is 4.81. The van der Waals surface area contributed by atoms with Crippen molar-refractivity contribution in [3.05, 3.63) is 95.6 Å². The van der Waals surface area contributed by atoms with E-state index in [9.17, 15) is 9.59 Å². The summed E-state index contributed by atoms with van der Waals surface area (Å²) in [4.78, 5) is 24.6. The van der Waals surface area contributed by atoms with E-state index in [1.165, 1.54) is 5.56 Å². The van der Waals surface area contributed by atoms with E-state index in [-0.39, 0.29) is 17.9 Å². The Morgan fingerprint density at radius 1 is 0.853 bits per heavy atom. The summed E-state index contributed by atoms with van der Waals surface area (Å²) in [6.07, 6.45) is 4.56. The van der Waals surface area contributed by atoms with Crippen molar-refractivity contribution in [2.75, 3.05) is 6.54 Å². The zero-order chi connectivity index (χ0) is 23.9. The van der Waals surface area contributed by atoms with Crippen molar-refractivity contribution in [3.63, 3.8) is 0 Å². The van der Waals surface area contributed by atoms with Crippen LogP contribution in [-0.2, 0) is 11.2 Å². The lowest BCUT2D eigenvalue weighted by Crippen LogP contribution is -2.37. The highest BCUT2D eigenvalue weighted by Crippen LogP contribution is 2.30. The SMILES string of the molecule is NCC1CCC(C(=O)NC(Cc2ccccc2)c2cccc(-c3ccc(C(N)=O)cc3)c2)CC1. The van der Waals surface area contributed by atoms with Gasteiger partial charge in [-0.05, 0) is 85.0 Å². The van der Waals surface area contributed by atoms with Gasteiger partial charge in [0.2, 0.25) is 11.8 Å². The average Bonchev–Trinajstić information content (AvgIpc) is 2.89. The van der Waals surface area contributed by atoms with Gasteiger partial charge >= 0.3 is 0 Å². The van der Waals surface area contributed by atoms with Crippen molar-refractivity contribution < 1.29 is 9.59 Å². The van der Waals surface area contributed by atoms with Crippen molar-refractivity contribution in [3.8, 4) is 11.1 Å². The molecule has 0 saturated heterocycles. The van der Waals surface area contributed by atoms with Crippen molar-refractivity contribution in [2.24, 2.45) is 23.3 Å². The van der Waals surface area contributed by atoms with Crippen molar-refractivity contribution in [1.29, 1.82) is 0 Å². The normalized spacial score (nSPS) is 18.7. The van der Waals surface area contributed by atoms with Gasteiger partial charge in [0.1, 0.15) is 0 Å². The molecule has 0 heterocycles. The molecule has 1 unspecified atom stereocenters. The molecule has 2 amide bonds. The number of benzene rings is 3. The molecule has 3 aromatic rings. The van der Waals surface area contributed by atoms with E-state index in [1.54, 1.807) is 12.1 Å². The summed E-state index contributed by atoms with van der Waals surface area (Å²) >= 11 is 0. The first kappa shape index (κ1) is 23.7. The summed E-state index contributed by atoms with van der Waals surface area (Å²) in [6, 6.07) is 25.7. The molecular weight excluding hydrogens is 422 g/mol. The number of primary amides is 1. The molecule has 1 aliphatic carbocycles. The first-order valence-electron chi connectivity index (χ1n) is 12.1. The molecule has 176 valence electrons. The van der Waals surface area contributed by atoms with Crippen LogP contribution in [0, 0.1) is 11.8 Å². The van der Waals surface area contributed by atoms with Crippen LogP contribution in [0.3, 0.4) is 0 Å². The summed E-state index contributed by atoms with van der Waals surface area (Å²) in [5, 5.41) is 3.36. The molecule has 5 N–H and O–H groups in total. The second kappa shape index (κ2) is 11.1. The molecule has 0 bridgehead atoms. The summed E-state index contributed by atoms with van der Waals surface area (Å²) in [5.41, 5.74) is 16.0. The van der Waals surface area contributed by atoms with Gasteiger partial charge in [0, 0.05) is 11.5 Å². The van der Waals surface area contributed by atoms with Crippen molar-refractivity contribution in [2.45, 2.75) is 38.1 Å². The second-order valence-electron chi connectivity index (χ2n) is 9.27. The Hall–Kier alpha value is -3.44. The summed E-state index contributed by atoms with van der Waals surface area (Å²) in [5.74, 6) is 0.284. The van der Waals surface area contributed by atoms with Crippen LogP contribution in [0.15, 0.2) is 78.9 Å². The molecule has 1 atom stereocenters. The van der Waals surface area contributed by atoms with Gasteiger partial charge in [-0.25, -0.2) is 0 Å². The minimum atomic E-state index is -0.438. The van der Waals surface area contributed by atoms with Crippen LogP contribution in [0.2, 0.25) is 0 Å². The molecular formula is C29H33N3O2. The average molecular weight is 456 g/mol. The number of hydrogen-bond acceptors (Lipinski definition) is 3. The smallest absolute Gasteiger partial charge is 0.248 e. The Morgan fingerprint density at radius 3 is 2.21 bits per heavy atom. The zero-order valence-corrected chi connectivity index (χ0v) is 19.5. The van der Waals surface area contributed by atoms with Crippen LogP contribution in [0.4, 0.5) is 0 Å². The van der Waals surface area contributed by atoms with Crippen LogP contribution < -0.4 is 16.8 Å². The van der Waals surface area contributed by atoms with Crippen LogP contribution in [0.5, 0.6) is 0 Å². The molecule has 4 rings (SSSR count). The van der Waals surface area contributed by atoms with Gasteiger partial charge in [0.05, 0.1) is 6.04 Å². The number of amides is 2. The molecule has 0 aliphatic heterocycles. The Bertz CT molecular complexity index is 1100. The molecule has 5 heteroatoms. The first-order chi connectivity index (χ1) is 16.5. The van der Waals surface area contributed by atoms with Crippen LogP contribution in [-0.4, -0.2) is 18.4 Å². The standard InChI is InChI=1S/C29H33N3O2/c30-19-21-9-11-24(12-10-21)29(34)32-27(17-20-5-2-1-3-6-20)26-8-4-7-25(18-26)22-13-15-23(16-14-22)28(31)33/h1-8,13-16,18,21,24,27H,9-12,17,19,30H2,(H2,31,33)(H,32,34). The molecule has 5 nitrogen and oxygen atoms in total. The van der Waals surface area contributed by atoms with E-state index >= 15 is 0 Å². The van der Waals surface area contributed by atoms with Gasteiger partial charge in [0.15, 0.2) is 0 Å². The largest absolute Gasteiger partial charge is 0.366 e. The number of nitrogens with one attached hydrogen (secondary N) is 1. The van der Waals surface area contributed by atoms with E-state index in [2.05, 4.69) is 29.6 Å². The lowest BCUT2D eigenvalue weighted by molar-refractivity contribution is -0.127. The summed E-state index contributed by atoms with van der Waals surface area (Å²) in [7, 11) is 0. The monoisotopic (exact) mass is 455 g/mol. The fourth-order valence-electron chi connectivity index (χ4n) is 4.81. The molecule has 34 heavy (non-hydrogen) atoms. The quantitative estimate of drug-likeness (QED) is 0.462. The van der Waals surface area contributed by atoms with Crippen LogP contribution in [0.25, 0.3) is 11.1 Å². The maximum atomic E-state index is 13.2. The third kappa shape index (κ3) is 5.91. The molecule has 0 radical (unpaired) electrons. The van der Waals surface area contributed by atoms with E-state index in [0.717, 1.165) is 48.8 Å². The zero-order valence-electron chi connectivity index (χ0n) is 19.5. The highest BCUT2D eigenvalue weighted by molar-refractivity contribution is 5.93. The molecule has 0 aromatic heterocycles. The van der Waals surface area contributed by atoms with Gasteiger partial charge in [-0.2, -0.15) is 0 Å². The lowest BCUT2D eigenvalue weighted by atomic mass is 9.81. The Balaban J connectivity index is 1.56. The Morgan fingerprint density at radius 2 is 1.56 bits per heavy atom. The van der Waals surface area contributed by atoms with Crippen molar-refractivity contribution in [1.82, 2.24) is 5.32 Å². The topological polar surface area (TPSA) is 98.2 Å². The van der Waals surface area contributed by atoms with E-state index in [1.807, 2.05) is 42.5 Å². The third-order valence-corrected chi connectivity index (χ3v) is 6.94. The summed E-state index contributed by atoms with van der Waals surface area (Å²) < 4.78 is 0. The maximum absolute atomic E-state index is 13.2. The molecule has 1 saturated carbocycles. The van der Waals surface area contributed by atoms with E-state index < -0.39 is 5.91 Å². The predicted octanol–water partition coefficient (Wildman–Crippen LogP) is 4.62. The second-order valence-corrected chi connectivity index (χ2v) is 9.27. The summed E-state index contributed by atoms with van der Waals surface area (Å²) in [6.45, 7) is 0.707. The number of hydrogen-bond donors (Lipinski definition) is 3. The number of rotatable bonds is 8. The molecule has 1 fully saturated rings. The highest BCUT2D eigenvalue weighted by Gasteiger charge is 2.27. The number of nitrogens with two attached hydrogens (primary N) is 2. The minimum absolute atomic E-state index is 0.0469. The minimum Gasteiger partial charge on any atom is -0.366 e. The van der Waals surface area contributed by atoms with Crippen molar-refractivity contribution >= 4 is 11.8 Å². The predicted molar refractivity (Wildman–Crippen MR) is 136 cm³/mol. The van der Waals surface area contributed by atoms with E-state index in [0.29, 0.717) is 18.0 Å². The maximum Gasteiger partial charge on any atom is 0.248 e. The van der Waals surface area contributed by atoms with Gasteiger partial charge < -0.3 is 16.8 Å². The third-order valence-electron chi connectivity index (χ3n) is 6.94. The van der Waals surface area contributed by atoms with E-state index in [4.69, 9.17) is 11.5 Å². The molecule has 1 aliphatic rings. The Labute approximate surface area is 201 Å². The Kier molecular flexibility index (Phi) is 7.76. The van der Waals surface area contributed by atoms with Gasteiger partial charge in [0.25, 0.3) is 0 Å². The molecule has 0 spiro atoms. The molecule has 3 aromatic carbocycles. The number of carbonyl (C=O) groups excluding carboxylic acids is 2. The van der Waals surface area contributed by atoms with Gasteiger partial charge in [-0.1, -0.05) is 60.7 Å². The highest BCUT2D eigenvalue weighted by atomic mass is 16.2. The fraction of sp³-hybridized carbons (Fsp3) is 0.310. The number of carbonyl (C=O) groups is 2. The van der Waals surface area contributed by atoms with Gasteiger partial charge in [-0.3, -0.25) is 9.59 Å². The van der Waals surface area contributed by atoms with Crippen LogP contribution >= 0.6 is 0 Å². The first-order valence-corrected chi connectivity index (χ1v) is 12.1. The van der Waals surface area contributed by atoms with Crippen LogP contribution in [0.1, 0.15) is 53.2 Å². The lowest BCUT2D eigenvalue weighted by Gasteiger charge is -2.29. The van der Waals surface area contributed by atoms with Gasteiger partial charge in [-0.15, -0.1) is 0 Å².